The smallest absolute Gasteiger partial charge is 0.222 e. The zero-order chi connectivity index (χ0) is 23.2. The van der Waals surface area contributed by atoms with Gasteiger partial charge in [0.05, 0.1) is 19.8 Å². The summed E-state index contributed by atoms with van der Waals surface area (Å²) < 4.78 is 5.44. The molecule has 3 aromatic rings. The molecule has 7 heteroatoms. The fourth-order valence-corrected chi connectivity index (χ4v) is 5.72. The molecule has 1 atom stereocenters. The van der Waals surface area contributed by atoms with Crippen molar-refractivity contribution in [3.05, 3.63) is 64.3 Å². The highest BCUT2D eigenvalue weighted by Gasteiger charge is 2.53. The molecule has 33 heavy (non-hydrogen) atoms. The average Bonchev–Trinajstić information content (AvgIpc) is 3.17. The van der Waals surface area contributed by atoms with E-state index in [4.69, 9.17) is 16.3 Å². The number of amides is 1. The number of ether oxygens (including phenoxy) is 1. The molecule has 2 aromatic carbocycles. The van der Waals surface area contributed by atoms with Gasteiger partial charge in [-0.1, -0.05) is 30.7 Å². The van der Waals surface area contributed by atoms with E-state index < -0.39 is 0 Å². The molecule has 174 valence electrons. The number of fused-ring (bicyclic) bond motifs is 4. The van der Waals surface area contributed by atoms with E-state index in [1.807, 2.05) is 48.2 Å². The van der Waals surface area contributed by atoms with Crippen molar-refractivity contribution in [2.24, 2.45) is 0 Å². The van der Waals surface area contributed by atoms with Gasteiger partial charge in [0.25, 0.3) is 0 Å². The summed E-state index contributed by atoms with van der Waals surface area (Å²) in [4.78, 5) is 20.5. The number of benzene rings is 2. The summed E-state index contributed by atoms with van der Waals surface area (Å²) >= 11 is 6.09. The van der Waals surface area contributed by atoms with Crippen molar-refractivity contribution in [1.29, 1.82) is 0 Å². The molecule has 2 N–H and O–H groups in total. The fraction of sp³-hybridized carbons (Fsp3) is 0.423. The summed E-state index contributed by atoms with van der Waals surface area (Å²) in [6.07, 6.45) is 1.44. The molecule has 0 saturated carbocycles. The molecule has 5 rings (SSSR count). The minimum Gasteiger partial charge on any atom is -0.497 e. The number of aromatic nitrogens is 1. The Morgan fingerprint density at radius 2 is 1.97 bits per heavy atom. The van der Waals surface area contributed by atoms with E-state index in [1.165, 1.54) is 5.56 Å². The van der Waals surface area contributed by atoms with Crippen LogP contribution in [0.2, 0.25) is 5.02 Å². The molecule has 1 saturated heterocycles. The molecule has 1 fully saturated rings. The van der Waals surface area contributed by atoms with Gasteiger partial charge in [0.15, 0.2) is 0 Å². The molecule has 1 amide bonds. The third kappa shape index (κ3) is 3.80. The molecule has 0 aliphatic carbocycles. The number of halogens is 1. The van der Waals surface area contributed by atoms with E-state index in [2.05, 4.69) is 16.0 Å². The third-order valence-corrected chi connectivity index (χ3v) is 7.37. The molecule has 2 aliphatic rings. The lowest BCUT2D eigenvalue weighted by Crippen LogP contribution is -2.67. The van der Waals surface area contributed by atoms with E-state index in [0.29, 0.717) is 31.1 Å². The van der Waals surface area contributed by atoms with Gasteiger partial charge in [0, 0.05) is 65.7 Å². The van der Waals surface area contributed by atoms with E-state index in [9.17, 15) is 9.90 Å². The Labute approximate surface area is 199 Å². The Morgan fingerprint density at radius 1 is 1.21 bits per heavy atom. The zero-order valence-electron chi connectivity index (χ0n) is 19.1. The molecule has 2 aliphatic heterocycles. The molecule has 0 bridgehead atoms. The maximum absolute atomic E-state index is 12.6. The van der Waals surface area contributed by atoms with Crippen LogP contribution in [0.3, 0.4) is 0 Å². The minimum absolute atomic E-state index is 0.0130. The standard InChI is InChI=1S/C26H30ClN3O3/c1-3-4-23(32)30-15-26(16-30)14-29(12-17-5-7-18(27)8-6-17)22(13-31)25-24(26)20-10-9-19(33-2)11-21(20)28-25/h5-11,22,28,31H,3-4,12-16H2,1-2H3/t22-/m1/s1. The summed E-state index contributed by atoms with van der Waals surface area (Å²) in [6.45, 7) is 4.94. The summed E-state index contributed by atoms with van der Waals surface area (Å²) in [5, 5.41) is 12.3. The van der Waals surface area contributed by atoms with Crippen LogP contribution in [0.15, 0.2) is 42.5 Å². The molecule has 1 spiro atoms. The fourth-order valence-electron chi connectivity index (χ4n) is 5.59. The Morgan fingerprint density at radius 3 is 2.64 bits per heavy atom. The lowest BCUT2D eigenvalue weighted by Gasteiger charge is -2.56. The first-order chi connectivity index (χ1) is 16.0. The minimum atomic E-state index is -0.163. The van der Waals surface area contributed by atoms with Crippen LogP contribution in [0, 0.1) is 0 Å². The second kappa shape index (κ2) is 8.67. The lowest BCUT2D eigenvalue weighted by molar-refractivity contribution is -0.141. The SMILES string of the molecule is CCCC(=O)N1CC2(C1)CN(Cc1ccc(Cl)cc1)[C@H](CO)c1[nH]c3cc(OC)ccc3c12. The quantitative estimate of drug-likeness (QED) is 0.568. The Bertz CT molecular complexity index is 1170. The van der Waals surface area contributed by atoms with Crippen LogP contribution in [-0.4, -0.2) is 59.1 Å². The topological polar surface area (TPSA) is 68.8 Å². The highest BCUT2D eigenvalue weighted by Crippen LogP contribution is 2.49. The number of nitrogens with one attached hydrogen (secondary N) is 1. The average molecular weight is 468 g/mol. The van der Waals surface area contributed by atoms with Crippen molar-refractivity contribution in [2.45, 2.75) is 37.8 Å². The Balaban J connectivity index is 1.57. The maximum atomic E-state index is 12.6. The number of methoxy groups -OCH3 is 1. The van der Waals surface area contributed by atoms with E-state index in [1.54, 1.807) is 7.11 Å². The number of aromatic amines is 1. The van der Waals surface area contributed by atoms with Crippen molar-refractivity contribution < 1.29 is 14.6 Å². The lowest BCUT2D eigenvalue weighted by atomic mass is 9.68. The summed E-state index contributed by atoms with van der Waals surface area (Å²) in [5.74, 6) is 1.02. The van der Waals surface area contributed by atoms with E-state index >= 15 is 0 Å². The van der Waals surface area contributed by atoms with Gasteiger partial charge >= 0.3 is 0 Å². The Kier molecular flexibility index (Phi) is 5.85. The number of hydrogen-bond acceptors (Lipinski definition) is 4. The highest BCUT2D eigenvalue weighted by atomic mass is 35.5. The van der Waals surface area contributed by atoms with Crippen LogP contribution in [0.1, 0.15) is 42.6 Å². The van der Waals surface area contributed by atoms with Crippen molar-refractivity contribution >= 4 is 28.4 Å². The van der Waals surface area contributed by atoms with Gasteiger partial charge in [-0.25, -0.2) is 0 Å². The number of rotatable bonds is 6. The van der Waals surface area contributed by atoms with Crippen molar-refractivity contribution in [2.75, 3.05) is 33.4 Å². The number of carbonyl (C=O) groups excluding carboxylic acids is 1. The van der Waals surface area contributed by atoms with Gasteiger partial charge in [-0.05, 0) is 41.8 Å². The number of nitrogens with zero attached hydrogens (tertiary/aromatic N) is 2. The van der Waals surface area contributed by atoms with Crippen molar-refractivity contribution in [3.63, 3.8) is 0 Å². The van der Waals surface area contributed by atoms with E-state index in [-0.39, 0.29) is 24.0 Å². The second-order valence-electron chi connectivity index (χ2n) is 9.34. The number of likely N-dealkylation sites (tertiary alicyclic amines) is 1. The molecule has 1 aromatic heterocycles. The summed E-state index contributed by atoms with van der Waals surface area (Å²) in [6, 6.07) is 13.8. The number of carbonyl (C=O) groups is 1. The van der Waals surface area contributed by atoms with Crippen LogP contribution >= 0.6 is 11.6 Å². The number of H-pyrrole nitrogens is 1. The molecule has 0 radical (unpaired) electrons. The van der Waals surface area contributed by atoms with Crippen molar-refractivity contribution in [3.8, 4) is 5.75 Å². The van der Waals surface area contributed by atoms with Gasteiger partial charge in [0.1, 0.15) is 5.75 Å². The first-order valence-corrected chi connectivity index (χ1v) is 11.9. The van der Waals surface area contributed by atoms with Gasteiger partial charge in [-0.3, -0.25) is 9.69 Å². The summed E-state index contributed by atoms with van der Waals surface area (Å²) in [7, 11) is 1.67. The van der Waals surface area contributed by atoms with Crippen LogP contribution in [-0.2, 0) is 16.8 Å². The van der Waals surface area contributed by atoms with Crippen LogP contribution in [0.5, 0.6) is 5.75 Å². The van der Waals surface area contributed by atoms with Gasteiger partial charge in [-0.2, -0.15) is 0 Å². The maximum Gasteiger partial charge on any atom is 0.222 e. The predicted molar refractivity (Wildman–Crippen MR) is 130 cm³/mol. The van der Waals surface area contributed by atoms with Crippen LogP contribution < -0.4 is 4.74 Å². The van der Waals surface area contributed by atoms with Crippen molar-refractivity contribution in [1.82, 2.24) is 14.8 Å². The second-order valence-corrected chi connectivity index (χ2v) is 9.77. The van der Waals surface area contributed by atoms with Gasteiger partial charge < -0.3 is 19.7 Å². The molecular formula is C26H30ClN3O3. The number of aliphatic hydroxyl groups is 1. The molecule has 6 nitrogen and oxygen atoms in total. The van der Waals surface area contributed by atoms with Crippen LogP contribution in [0.4, 0.5) is 0 Å². The number of aliphatic hydroxyl groups excluding tert-OH is 1. The highest BCUT2D eigenvalue weighted by molar-refractivity contribution is 6.30. The predicted octanol–water partition coefficient (Wildman–Crippen LogP) is 4.26. The normalized spacial score (nSPS) is 19.5. The summed E-state index contributed by atoms with van der Waals surface area (Å²) in [5.41, 5.74) is 4.27. The number of hydrogen-bond donors (Lipinski definition) is 2. The molecule has 3 heterocycles. The molecule has 0 unspecified atom stereocenters. The zero-order valence-corrected chi connectivity index (χ0v) is 19.9. The largest absolute Gasteiger partial charge is 0.497 e. The first-order valence-electron chi connectivity index (χ1n) is 11.5. The first kappa shape index (κ1) is 22.3. The van der Waals surface area contributed by atoms with Crippen LogP contribution in [0.25, 0.3) is 10.9 Å². The molecular weight excluding hydrogens is 438 g/mol. The van der Waals surface area contributed by atoms with Gasteiger partial charge in [0.2, 0.25) is 5.91 Å². The third-order valence-electron chi connectivity index (χ3n) is 7.12. The van der Waals surface area contributed by atoms with Gasteiger partial charge in [-0.15, -0.1) is 0 Å². The Hall–Kier alpha value is -2.54. The van der Waals surface area contributed by atoms with E-state index in [0.717, 1.165) is 40.9 Å². The monoisotopic (exact) mass is 467 g/mol.